The Hall–Kier alpha value is -0.860. The van der Waals surface area contributed by atoms with Gasteiger partial charge in [-0.25, -0.2) is 0 Å². The fourth-order valence-corrected chi connectivity index (χ4v) is 4.48. The molecule has 1 aromatic rings. The SMILES string of the molecule is O=C1C2CC[C@@H]3[C@@H](CCN23)[C@H]1c1ccc(Cl)cc1. The second-order valence-electron chi connectivity index (χ2n) is 5.78. The molecule has 0 spiro atoms. The molecule has 3 heterocycles. The molecule has 3 saturated heterocycles. The number of piperidine rings is 1. The van der Waals surface area contributed by atoms with Crippen molar-refractivity contribution in [3.8, 4) is 0 Å². The Morgan fingerprint density at radius 1 is 1.11 bits per heavy atom. The van der Waals surface area contributed by atoms with Crippen molar-refractivity contribution in [2.45, 2.75) is 37.3 Å². The molecule has 2 unspecified atom stereocenters. The van der Waals surface area contributed by atoms with E-state index in [0.717, 1.165) is 18.0 Å². The first kappa shape index (κ1) is 11.0. The molecule has 0 aromatic heterocycles. The number of carbonyl (C=O) groups excluding carboxylic acids is 1. The largest absolute Gasteiger partial charge is 0.297 e. The number of hydrogen-bond donors (Lipinski definition) is 0. The molecule has 3 aliphatic rings. The molecule has 18 heavy (non-hydrogen) atoms. The first-order valence-electron chi connectivity index (χ1n) is 6.80. The Morgan fingerprint density at radius 2 is 1.89 bits per heavy atom. The molecule has 0 radical (unpaired) electrons. The van der Waals surface area contributed by atoms with Crippen LogP contribution in [-0.4, -0.2) is 29.3 Å². The van der Waals surface area contributed by atoms with E-state index in [2.05, 4.69) is 4.90 Å². The van der Waals surface area contributed by atoms with Crippen LogP contribution in [0.4, 0.5) is 0 Å². The van der Waals surface area contributed by atoms with Crippen LogP contribution in [0.15, 0.2) is 24.3 Å². The van der Waals surface area contributed by atoms with Crippen LogP contribution >= 0.6 is 11.6 Å². The van der Waals surface area contributed by atoms with Crippen LogP contribution < -0.4 is 0 Å². The maximum Gasteiger partial charge on any atom is 0.157 e. The van der Waals surface area contributed by atoms with Gasteiger partial charge in [-0.3, -0.25) is 9.69 Å². The highest BCUT2D eigenvalue weighted by Gasteiger charge is 2.55. The van der Waals surface area contributed by atoms with Gasteiger partial charge in [-0.15, -0.1) is 0 Å². The van der Waals surface area contributed by atoms with Gasteiger partial charge in [-0.1, -0.05) is 23.7 Å². The standard InChI is InChI=1S/C15H16ClNO/c16-10-3-1-9(2-4-10)14-11-7-8-17-12(11)5-6-13(17)15(14)18/h1-4,11-14H,5-8H2/t11-,12-,13?,14-/m1/s1. The van der Waals surface area contributed by atoms with E-state index in [1.165, 1.54) is 18.4 Å². The van der Waals surface area contributed by atoms with Crippen molar-refractivity contribution in [2.24, 2.45) is 5.92 Å². The minimum absolute atomic E-state index is 0.124. The lowest BCUT2D eigenvalue weighted by Crippen LogP contribution is -2.47. The Balaban J connectivity index is 1.76. The van der Waals surface area contributed by atoms with E-state index >= 15 is 0 Å². The van der Waals surface area contributed by atoms with Gasteiger partial charge in [-0.2, -0.15) is 0 Å². The van der Waals surface area contributed by atoms with E-state index < -0.39 is 0 Å². The van der Waals surface area contributed by atoms with E-state index in [0.29, 0.717) is 17.7 Å². The summed E-state index contributed by atoms with van der Waals surface area (Å²) in [5, 5.41) is 0.748. The zero-order valence-electron chi connectivity index (χ0n) is 10.2. The summed E-state index contributed by atoms with van der Waals surface area (Å²) in [4.78, 5) is 15.1. The van der Waals surface area contributed by atoms with Crippen molar-refractivity contribution >= 4 is 17.4 Å². The van der Waals surface area contributed by atoms with Gasteiger partial charge < -0.3 is 0 Å². The summed E-state index contributed by atoms with van der Waals surface area (Å²) in [6.07, 6.45) is 3.47. The minimum Gasteiger partial charge on any atom is -0.297 e. The van der Waals surface area contributed by atoms with Gasteiger partial charge in [0.1, 0.15) is 0 Å². The van der Waals surface area contributed by atoms with Crippen molar-refractivity contribution in [2.75, 3.05) is 6.54 Å². The third-order valence-electron chi connectivity index (χ3n) is 5.07. The normalized spacial score (nSPS) is 41.4. The second-order valence-corrected chi connectivity index (χ2v) is 6.22. The average molecular weight is 262 g/mol. The van der Waals surface area contributed by atoms with Crippen LogP contribution in [0.1, 0.15) is 30.7 Å². The zero-order chi connectivity index (χ0) is 12.3. The molecule has 4 bridgehead atoms. The number of Topliss-reactive ketones (excluding diaryl/α,β-unsaturated/α-hetero) is 1. The third-order valence-corrected chi connectivity index (χ3v) is 5.32. The maximum absolute atomic E-state index is 12.7. The average Bonchev–Trinajstić information content (AvgIpc) is 2.87. The van der Waals surface area contributed by atoms with Gasteiger partial charge in [0.05, 0.1) is 6.04 Å². The van der Waals surface area contributed by atoms with Crippen molar-refractivity contribution in [3.05, 3.63) is 34.9 Å². The van der Waals surface area contributed by atoms with Crippen molar-refractivity contribution in [1.29, 1.82) is 0 Å². The molecule has 1 aromatic carbocycles. The summed E-state index contributed by atoms with van der Waals surface area (Å²) in [5.41, 5.74) is 1.17. The van der Waals surface area contributed by atoms with Gasteiger partial charge in [0, 0.05) is 17.0 Å². The molecule has 3 fully saturated rings. The molecule has 0 saturated carbocycles. The fraction of sp³-hybridized carbons (Fsp3) is 0.533. The predicted octanol–water partition coefficient (Wildman–Crippen LogP) is 2.86. The van der Waals surface area contributed by atoms with Gasteiger partial charge in [0.2, 0.25) is 0 Å². The van der Waals surface area contributed by atoms with E-state index in [1.54, 1.807) is 0 Å². The van der Waals surface area contributed by atoms with Crippen molar-refractivity contribution < 1.29 is 4.79 Å². The number of ketones is 1. The summed E-state index contributed by atoms with van der Waals surface area (Å²) in [6.45, 7) is 1.12. The Labute approximate surface area is 112 Å². The van der Waals surface area contributed by atoms with E-state index in [9.17, 15) is 4.79 Å². The van der Waals surface area contributed by atoms with Gasteiger partial charge in [0.15, 0.2) is 5.78 Å². The number of carbonyl (C=O) groups is 1. The van der Waals surface area contributed by atoms with Crippen LogP contribution in [-0.2, 0) is 4.79 Å². The molecule has 2 nitrogen and oxygen atoms in total. The van der Waals surface area contributed by atoms with Gasteiger partial charge >= 0.3 is 0 Å². The first-order valence-corrected chi connectivity index (χ1v) is 7.18. The summed E-state index contributed by atoms with van der Waals surface area (Å²) in [7, 11) is 0. The predicted molar refractivity (Wildman–Crippen MR) is 70.8 cm³/mol. The van der Waals surface area contributed by atoms with Crippen LogP contribution in [0.5, 0.6) is 0 Å². The Morgan fingerprint density at radius 3 is 2.67 bits per heavy atom. The highest BCUT2D eigenvalue weighted by atomic mass is 35.5. The number of hydrogen-bond acceptors (Lipinski definition) is 2. The molecule has 3 aliphatic heterocycles. The molecular weight excluding hydrogens is 246 g/mol. The topological polar surface area (TPSA) is 20.3 Å². The third kappa shape index (κ3) is 1.36. The number of halogens is 1. The molecular formula is C15H16ClNO. The van der Waals surface area contributed by atoms with Crippen LogP contribution in [0.2, 0.25) is 5.02 Å². The number of benzene rings is 1. The molecule has 94 valence electrons. The molecule has 0 amide bonds. The summed E-state index contributed by atoms with van der Waals surface area (Å²) in [6, 6.07) is 8.76. The Bertz CT molecular complexity index is 498. The lowest BCUT2D eigenvalue weighted by Gasteiger charge is -2.36. The summed E-state index contributed by atoms with van der Waals surface area (Å²) < 4.78 is 0. The maximum atomic E-state index is 12.7. The summed E-state index contributed by atoms with van der Waals surface area (Å²) >= 11 is 5.94. The lowest BCUT2D eigenvalue weighted by atomic mass is 9.77. The van der Waals surface area contributed by atoms with Crippen molar-refractivity contribution in [3.63, 3.8) is 0 Å². The fourth-order valence-electron chi connectivity index (χ4n) is 4.36. The number of nitrogens with zero attached hydrogens (tertiary/aromatic N) is 1. The highest BCUT2D eigenvalue weighted by molar-refractivity contribution is 6.30. The lowest BCUT2D eigenvalue weighted by molar-refractivity contribution is -0.128. The second kappa shape index (κ2) is 3.82. The summed E-state index contributed by atoms with van der Waals surface area (Å²) in [5.74, 6) is 1.12. The minimum atomic E-state index is 0.124. The van der Waals surface area contributed by atoms with E-state index in [4.69, 9.17) is 11.6 Å². The first-order chi connectivity index (χ1) is 8.75. The van der Waals surface area contributed by atoms with Crippen LogP contribution in [0.3, 0.4) is 0 Å². The molecule has 0 N–H and O–H groups in total. The van der Waals surface area contributed by atoms with Crippen LogP contribution in [0.25, 0.3) is 0 Å². The van der Waals surface area contributed by atoms with Crippen molar-refractivity contribution in [1.82, 2.24) is 4.90 Å². The van der Waals surface area contributed by atoms with E-state index in [1.807, 2.05) is 24.3 Å². The molecule has 5 atom stereocenters. The highest BCUT2D eigenvalue weighted by Crippen LogP contribution is 2.50. The van der Waals surface area contributed by atoms with E-state index in [-0.39, 0.29) is 12.0 Å². The van der Waals surface area contributed by atoms with Gasteiger partial charge in [-0.05, 0) is 49.4 Å². The smallest absolute Gasteiger partial charge is 0.157 e. The molecule has 3 heteroatoms. The van der Waals surface area contributed by atoms with Crippen LogP contribution in [0, 0.1) is 5.92 Å². The molecule has 0 aliphatic carbocycles. The Kier molecular flexibility index (Phi) is 2.33. The monoisotopic (exact) mass is 261 g/mol. The quantitative estimate of drug-likeness (QED) is 0.775. The number of rotatable bonds is 1. The molecule has 4 rings (SSSR count). The zero-order valence-corrected chi connectivity index (χ0v) is 10.9. The van der Waals surface area contributed by atoms with Gasteiger partial charge in [0.25, 0.3) is 0 Å².